The van der Waals surface area contributed by atoms with Crippen LogP contribution in [0.5, 0.6) is 0 Å². The number of carbonyl (C=O) groups excluding carboxylic acids is 2. The van der Waals surface area contributed by atoms with E-state index in [4.69, 9.17) is 0 Å². The van der Waals surface area contributed by atoms with Gasteiger partial charge in [-0.3, -0.25) is 14.2 Å². The maximum atomic E-state index is 12.5. The fourth-order valence-corrected chi connectivity index (χ4v) is 4.57. The van der Waals surface area contributed by atoms with Crippen molar-refractivity contribution in [3.05, 3.63) is 58.5 Å². The van der Waals surface area contributed by atoms with Crippen molar-refractivity contribution >= 4 is 34.9 Å². The minimum absolute atomic E-state index is 0.0743. The third-order valence-corrected chi connectivity index (χ3v) is 6.49. The summed E-state index contributed by atoms with van der Waals surface area (Å²) in [4.78, 5) is 27.1. The van der Waals surface area contributed by atoms with Gasteiger partial charge >= 0.3 is 0 Å². The quantitative estimate of drug-likeness (QED) is 0.517. The normalized spacial score (nSPS) is 13.2. The number of aromatic nitrogens is 3. The molecule has 1 saturated carbocycles. The van der Waals surface area contributed by atoms with Crippen LogP contribution in [0.15, 0.2) is 53.0 Å². The van der Waals surface area contributed by atoms with Gasteiger partial charge in [0.15, 0.2) is 5.16 Å². The lowest BCUT2D eigenvalue weighted by Gasteiger charge is -2.16. The second-order valence-electron chi connectivity index (χ2n) is 7.21. The van der Waals surface area contributed by atoms with Gasteiger partial charge in [-0.05, 0) is 36.4 Å². The zero-order valence-corrected chi connectivity index (χ0v) is 18.3. The van der Waals surface area contributed by atoms with Gasteiger partial charge in [0.05, 0.1) is 12.3 Å². The SMILES string of the molecule is CN(CC(=O)NC1CC1)C(=O)CSc1nnc(Cc2cccs2)n1-c1ccccc1. The molecule has 2 heterocycles. The third-order valence-electron chi connectivity index (χ3n) is 4.70. The van der Waals surface area contributed by atoms with Crippen LogP contribution in [0.2, 0.25) is 0 Å². The van der Waals surface area contributed by atoms with Gasteiger partial charge in [0.1, 0.15) is 5.82 Å². The highest BCUT2D eigenvalue weighted by Crippen LogP contribution is 2.24. The predicted molar refractivity (Wildman–Crippen MR) is 118 cm³/mol. The van der Waals surface area contributed by atoms with Crippen LogP contribution in [0.25, 0.3) is 5.69 Å². The molecule has 0 spiro atoms. The largest absolute Gasteiger partial charge is 0.352 e. The van der Waals surface area contributed by atoms with Crippen molar-refractivity contribution in [3.63, 3.8) is 0 Å². The first kappa shape index (κ1) is 20.6. The summed E-state index contributed by atoms with van der Waals surface area (Å²) in [6.07, 6.45) is 2.74. The van der Waals surface area contributed by atoms with Gasteiger partial charge in [-0.1, -0.05) is 36.0 Å². The van der Waals surface area contributed by atoms with Crippen molar-refractivity contribution in [2.75, 3.05) is 19.3 Å². The summed E-state index contributed by atoms with van der Waals surface area (Å²) in [6, 6.07) is 14.3. The molecule has 1 aromatic carbocycles. The molecule has 0 unspecified atom stereocenters. The van der Waals surface area contributed by atoms with E-state index < -0.39 is 0 Å². The number of nitrogens with one attached hydrogen (secondary N) is 1. The van der Waals surface area contributed by atoms with E-state index >= 15 is 0 Å². The molecule has 1 N–H and O–H groups in total. The second kappa shape index (κ2) is 9.44. The number of benzene rings is 1. The number of hydrogen-bond acceptors (Lipinski definition) is 6. The topological polar surface area (TPSA) is 80.1 Å². The molecule has 0 radical (unpaired) electrons. The van der Waals surface area contributed by atoms with Gasteiger partial charge in [0.25, 0.3) is 0 Å². The molecule has 0 atom stereocenters. The summed E-state index contributed by atoms with van der Waals surface area (Å²) >= 11 is 3.02. The van der Waals surface area contributed by atoms with Crippen LogP contribution >= 0.6 is 23.1 Å². The Morgan fingerprint density at radius 2 is 2.00 bits per heavy atom. The maximum Gasteiger partial charge on any atom is 0.239 e. The van der Waals surface area contributed by atoms with E-state index in [9.17, 15) is 9.59 Å². The highest BCUT2D eigenvalue weighted by molar-refractivity contribution is 7.99. The van der Waals surface area contributed by atoms with E-state index in [1.165, 1.54) is 21.5 Å². The molecular weight excluding hydrogens is 418 g/mol. The van der Waals surface area contributed by atoms with Gasteiger partial charge in [-0.25, -0.2) is 0 Å². The Balaban J connectivity index is 1.44. The van der Waals surface area contributed by atoms with Crippen molar-refractivity contribution in [2.24, 2.45) is 0 Å². The van der Waals surface area contributed by atoms with Gasteiger partial charge in [-0.2, -0.15) is 0 Å². The molecular formula is C21H23N5O2S2. The fourth-order valence-electron chi connectivity index (χ4n) is 2.95. The lowest BCUT2D eigenvalue weighted by Crippen LogP contribution is -2.39. The molecule has 2 aromatic heterocycles. The van der Waals surface area contributed by atoms with Gasteiger partial charge < -0.3 is 10.2 Å². The van der Waals surface area contributed by atoms with Crippen LogP contribution in [0, 0.1) is 0 Å². The van der Waals surface area contributed by atoms with Crippen LogP contribution in [0.4, 0.5) is 0 Å². The second-order valence-corrected chi connectivity index (χ2v) is 9.18. The minimum atomic E-state index is -0.117. The fraction of sp³-hybridized carbons (Fsp3) is 0.333. The lowest BCUT2D eigenvalue weighted by molar-refractivity contribution is -0.132. The molecule has 156 valence electrons. The molecule has 1 aliphatic carbocycles. The molecule has 1 aliphatic rings. The summed E-state index contributed by atoms with van der Waals surface area (Å²) in [5, 5.41) is 14.3. The summed E-state index contributed by atoms with van der Waals surface area (Å²) in [5.74, 6) is 0.796. The highest BCUT2D eigenvalue weighted by Gasteiger charge is 2.24. The van der Waals surface area contributed by atoms with Gasteiger partial charge in [0, 0.05) is 30.1 Å². The third kappa shape index (κ3) is 5.28. The first-order valence-electron chi connectivity index (χ1n) is 9.78. The maximum absolute atomic E-state index is 12.5. The summed E-state index contributed by atoms with van der Waals surface area (Å²) in [7, 11) is 1.65. The molecule has 0 aliphatic heterocycles. The Morgan fingerprint density at radius 1 is 1.20 bits per heavy atom. The predicted octanol–water partition coefficient (Wildman–Crippen LogP) is 2.75. The molecule has 0 bridgehead atoms. The standard InChI is InChI=1S/C21H23N5O2S2/c1-25(13-19(27)22-15-9-10-15)20(28)14-30-21-24-23-18(12-17-8-5-11-29-17)26(21)16-6-3-2-4-7-16/h2-8,11,15H,9-10,12-14H2,1H3,(H,22,27). The molecule has 9 heteroatoms. The zero-order valence-electron chi connectivity index (χ0n) is 16.7. The summed E-state index contributed by atoms with van der Waals surface area (Å²) < 4.78 is 2.00. The van der Waals surface area contributed by atoms with Crippen molar-refractivity contribution < 1.29 is 9.59 Å². The molecule has 1 fully saturated rings. The minimum Gasteiger partial charge on any atom is -0.352 e. The number of rotatable bonds is 9. The van der Waals surface area contributed by atoms with Crippen molar-refractivity contribution in [1.29, 1.82) is 0 Å². The number of nitrogens with zero attached hydrogens (tertiary/aromatic N) is 4. The first-order chi connectivity index (χ1) is 14.6. The van der Waals surface area contributed by atoms with Crippen LogP contribution in [0.1, 0.15) is 23.5 Å². The van der Waals surface area contributed by atoms with Crippen molar-refractivity contribution in [1.82, 2.24) is 25.0 Å². The number of likely N-dealkylation sites (N-methyl/N-ethyl adjacent to an activating group) is 1. The molecule has 4 rings (SSSR count). The first-order valence-corrected chi connectivity index (χ1v) is 11.6. The molecule has 7 nitrogen and oxygen atoms in total. The van der Waals surface area contributed by atoms with E-state index in [1.807, 2.05) is 46.3 Å². The summed E-state index contributed by atoms with van der Waals surface area (Å²) in [5.41, 5.74) is 0.959. The van der Waals surface area contributed by atoms with E-state index in [0.29, 0.717) is 17.6 Å². The average molecular weight is 442 g/mol. The summed E-state index contributed by atoms with van der Waals surface area (Å²) in [6.45, 7) is 0.0743. The molecule has 0 saturated heterocycles. The zero-order chi connectivity index (χ0) is 20.9. The Kier molecular flexibility index (Phi) is 6.49. The van der Waals surface area contributed by atoms with E-state index in [2.05, 4.69) is 21.6 Å². The smallest absolute Gasteiger partial charge is 0.239 e. The molecule has 2 amide bonds. The molecule has 3 aromatic rings. The van der Waals surface area contributed by atoms with Crippen LogP contribution in [0.3, 0.4) is 0 Å². The van der Waals surface area contributed by atoms with E-state index in [1.54, 1.807) is 18.4 Å². The lowest BCUT2D eigenvalue weighted by atomic mass is 10.3. The Hall–Kier alpha value is -2.65. The van der Waals surface area contributed by atoms with E-state index in [-0.39, 0.29) is 24.1 Å². The van der Waals surface area contributed by atoms with Gasteiger partial charge in [-0.15, -0.1) is 21.5 Å². The Bertz CT molecular complexity index is 1000. The Labute approximate surface area is 183 Å². The number of thiophene rings is 1. The number of para-hydroxylation sites is 1. The van der Waals surface area contributed by atoms with Crippen molar-refractivity contribution in [3.8, 4) is 5.69 Å². The number of thioether (sulfide) groups is 1. The van der Waals surface area contributed by atoms with E-state index in [0.717, 1.165) is 24.4 Å². The highest BCUT2D eigenvalue weighted by atomic mass is 32.2. The average Bonchev–Trinajstić information content (AvgIpc) is 3.24. The van der Waals surface area contributed by atoms with Crippen molar-refractivity contribution in [2.45, 2.75) is 30.5 Å². The Morgan fingerprint density at radius 3 is 2.70 bits per heavy atom. The number of hydrogen-bond donors (Lipinski definition) is 1. The monoisotopic (exact) mass is 441 g/mol. The van der Waals surface area contributed by atoms with Gasteiger partial charge in [0.2, 0.25) is 11.8 Å². The van der Waals surface area contributed by atoms with Crippen LogP contribution in [-0.2, 0) is 16.0 Å². The molecule has 30 heavy (non-hydrogen) atoms. The van der Waals surface area contributed by atoms with Crippen LogP contribution in [-0.4, -0.2) is 56.9 Å². The van der Waals surface area contributed by atoms with Crippen LogP contribution < -0.4 is 5.32 Å². The number of amides is 2. The number of carbonyl (C=O) groups is 2.